The molecule has 1 aromatic carbocycles. The molecule has 2 aromatic rings. The van der Waals surface area contributed by atoms with Gasteiger partial charge in [0.25, 0.3) is 0 Å². The number of nitrogens with zero attached hydrogens (tertiary/aromatic N) is 2. The Labute approximate surface area is 112 Å². The van der Waals surface area contributed by atoms with Gasteiger partial charge in [0, 0.05) is 24.3 Å². The molecule has 0 bridgehead atoms. The van der Waals surface area contributed by atoms with Gasteiger partial charge < -0.3 is 15.8 Å². The topological polar surface area (TPSA) is 73.1 Å². The fourth-order valence-electron chi connectivity index (χ4n) is 1.74. The highest BCUT2D eigenvalue weighted by Crippen LogP contribution is 2.22. The van der Waals surface area contributed by atoms with Gasteiger partial charge in [-0.15, -0.1) is 0 Å². The maximum atomic E-state index is 5.46. The number of aromatic nitrogens is 2. The summed E-state index contributed by atoms with van der Waals surface area (Å²) in [5.74, 6) is 1.44. The first-order valence-corrected chi connectivity index (χ1v) is 6.17. The Morgan fingerprint density at radius 2 is 1.95 bits per heavy atom. The normalized spacial score (nSPS) is 10.3. The Balaban J connectivity index is 2.29. The molecule has 19 heavy (non-hydrogen) atoms. The summed E-state index contributed by atoms with van der Waals surface area (Å²) in [6, 6.07) is 9.75. The second kappa shape index (κ2) is 6.15. The molecule has 0 aliphatic rings. The van der Waals surface area contributed by atoms with Gasteiger partial charge in [0.2, 0.25) is 5.95 Å². The predicted octanol–water partition coefficient (Wildman–Crippen LogP) is 1.83. The maximum Gasteiger partial charge on any atom is 0.223 e. The Hall–Kier alpha value is -2.14. The molecule has 5 heteroatoms. The lowest BCUT2D eigenvalue weighted by Crippen LogP contribution is -2.15. The summed E-state index contributed by atoms with van der Waals surface area (Å²) in [7, 11) is 1.65. The van der Waals surface area contributed by atoms with Crippen molar-refractivity contribution in [2.75, 3.05) is 25.5 Å². The molecule has 0 fully saturated rings. The van der Waals surface area contributed by atoms with E-state index in [-0.39, 0.29) is 0 Å². The van der Waals surface area contributed by atoms with Crippen LogP contribution < -0.4 is 15.8 Å². The van der Waals surface area contributed by atoms with Crippen molar-refractivity contribution in [1.82, 2.24) is 9.97 Å². The molecule has 0 radical (unpaired) electrons. The summed E-state index contributed by atoms with van der Waals surface area (Å²) in [4.78, 5) is 8.81. The van der Waals surface area contributed by atoms with Crippen LogP contribution in [-0.4, -0.2) is 30.2 Å². The number of nitrogens with two attached hydrogens (primary N) is 1. The fourth-order valence-corrected chi connectivity index (χ4v) is 1.74. The van der Waals surface area contributed by atoms with Crippen molar-refractivity contribution in [3.05, 3.63) is 36.0 Å². The largest absolute Gasteiger partial charge is 0.497 e. The van der Waals surface area contributed by atoms with Crippen LogP contribution in [0.2, 0.25) is 0 Å². The maximum absolute atomic E-state index is 5.46. The number of nitrogens with one attached hydrogen (secondary N) is 1. The number of hydrogen-bond donors (Lipinski definition) is 2. The number of aryl methyl sites for hydroxylation is 1. The van der Waals surface area contributed by atoms with E-state index in [2.05, 4.69) is 15.3 Å². The molecule has 5 nitrogen and oxygen atoms in total. The molecule has 2 rings (SSSR count). The number of hydrogen-bond acceptors (Lipinski definition) is 5. The molecule has 1 heterocycles. The molecular weight excluding hydrogens is 240 g/mol. The first-order chi connectivity index (χ1) is 9.22. The molecular formula is C14H18N4O. The van der Waals surface area contributed by atoms with Crippen molar-refractivity contribution in [2.24, 2.45) is 5.73 Å². The van der Waals surface area contributed by atoms with Crippen LogP contribution in [0.4, 0.5) is 5.95 Å². The summed E-state index contributed by atoms with van der Waals surface area (Å²) < 4.78 is 5.15. The second-order valence-electron chi connectivity index (χ2n) is 4.16. The predicted molar refractivity (Wildman–Crippen MR) is 76.3 cm³/mol. The molecule has 100 valence electrons. The first-order valence-electron chi connectivity index (χ1n) is 6.17. The molecule has 0 aliphatic carbocycles. The van der Waals surface area contributed by atoms with Crippen LogP contribution in [0.5, 0.6) is 5.75 Å². The third kappa shape index (κ3) is 3.42. The van der Waals surface area contributed by atoms with Crippen LogP contribution in [-0.2, 0) is 0 Å². The van der Waals surface area contributed by atoms with Crippen molar-refractivity contribution in [3.8, 4) is 17.0 Å². The van der Waals surface area contributed by atoms with Gasteiger partial charge in [-0.2, -0.15) is 0 Å². The van der Waals surface area contributed by atoms with Crippen molar-refractivity contribution in [1.29, 1.82) is 0 Å². The Bertz CT molecular complexity index is 540. The molecule has 0 unspecified atom stereocenters. The molecule has 0 amide bonds. The summed E-state index contributed by atoms with van der Waals surface area (Å²) in [6.45, 7) is 3.16. The summed E-state index contributed by atoms with van der Waals surface area (Å²) in [5.41, 5.74) is 8.29. The smallest absolute Gasteiger partial charge is 0.223 e. The van der Waals surface area contributed by atoms with Gasteiger partial charge in [-0.3, -0.25) is 0 Å². The Kier molecular flexibility index (Phi) is 4.30. The average Bonchev–Trinajstić information content (AvgIpc) is 2.44. The highest BCUT2D eigenvalue weighted by Gasteiger charge is 2.04. The number of methoxy groups -OCH3 is 1. The lowest BCUT2D eigenvalue weighted by Gasteiger charge is -2.08. The third-order valence-corrected chi connectivity index (χ3v) is 2.67. The summed E-state index contributed by atoms with van der Waals surface area (Å²) in [5, 5.41) is 3.10. The third-order valence-electron chi connectivity index (χ3n) is 2.67. The zero-order valence-corrected chi connectivity index (χ0v) is 11.2. The summed E-state index contributed by atoms with van der Waals surface area (Å²) >= 11 is 0. The number of rotatable bonds is 5. The van der Waals surface area contributed by atoms with Crippen LogP contribution in [0.3, 0.4) is 0 Å². The minimum atomic E-state index is 0.551. The van der Waals surface area contributed by atoms with Gasteiger partial charge >= 0.3 is 0 Å². The molecule has 1 aromatic heterocycles. The number of anilines is 1. The number of benzene rings is 1. The second-order valence-corrected chi connectivity index (χ2v) is 4.16. The molecule has 0 saturated carbocycles. The average molecular weight is 258 g/mol. The van der Waals surface area contributed by atoms with Crippen LogP contribution in [0, 0.1) is 6.92 Å². The lowest BCUT2D eigenvalue weighted by atomic mass is 10.1. The van der Waals surface area contributed by atoms with Crippen molar-refractivity contribution < 1.29 is 4.74 Å². The summed E-state index contributed by atoms with van der Waals surface area (Å²) in [6.07, 6.45) is 0. The monoisotopic (exact) mass is 258 g/mol. The fraction of sp³-hybridized carbons (Fsp3) is 0.286. The minimum absolute atomic E-state index is 0.551. The molecule has 0 spiro atoms. The van der Waals surface area contributed by atoms with E-state index in [4.69, 9.17) is 10.5 Å². The molecule has 3 N–H and O–H groups in total. The molecule has 0 atom stereocenters. The number of ether oxygens (including phenoxy) is 1. The SMILES string of the molecule is COc1ccc(-c2cc(C)nc(NCCN)n2)cc1. The van der Waals surface area contributed by atoms with Crippen LogP contribution in [0.25, 0.3) is 11.3 Å². The van der Waals surface area contributed by atoms with Crippen LogP contribution >= 0.6 is 0 Å². The van der Waals surface area contributed by atoms with E-state index in [0.29, 0.717) is 19.0 Å². The van der Waals surface area contributed by atoms with Crippen molar-refractivity contribution >= 4 is 5.95 Å². The Morgan fingerprint density at radius 3 is 2.58 bits per heavy atom. The standard InChI is InChI=1S/C14H18N4O/c1-10-9-13(18-14(17-10)16-8-7-15)11-3-5-12(19-2)6-4-11/h3-6,9H,7-8,15H2,1-2H3,(H,16,17,18). The highest BCUT2D eigenvalue weighted by atomic mass is 16.5. The van der Waals surface area contributed by atoms with Gasteiger partial charge in [0.15, 0.2) is 0 Å². The van der Waals surface area contributed by atoms with Crippen LogP contribution in [0.15, 0.2) is 30.3 Å². The van der Waals surface area contributed by atoms with Gasteiger partial charge in [-0.1, -0.05) is 0 Å². The van der Waals surface area contributed by atoms with Gasteiger partial charge in [0.1, 0.15) is 5.75 Å². The van der Waals surface area contributed by atoms with E-state index in [9.17, 15) is 0 Å². The van der Waals surface area contributed by atoms with E-state index in [1.807, 2.05) is 37.3 Å². The Morgan fingerprint density at radius 1 is 1.21 bits per heavy atom. The zero-order valence-electron chi connectivity index (χ0n) is 11.2. The van der Waals surface area contributed by atoms with Gasteiger partial charge in [-0.05, 0) is 37.3 Å². The van der Waals surface area contributed by atoms with Crippen LogP contribution in [0.1, 0.15) is 5.69 Å². The van der Waals surface area contributed by atoms with Crippen molar-refractivity contribution in [3.63, 3.8) is 0 Å². The minimum Gasteiger partial charge on any atom is -0.497 e. The first kappa shape index (κ1) is 13.3. The van der Waals surface area contributed by atoms with Gasteiger partial charge in [-0.25, -0.2) is 9.97 Å². The lowest BCUT2D eigenvalue weighted by molar-refractivity contribution is 0.415. The van der Waals surface area contributed by atoms with E-state index < -0.39 is 0 Å². The van der Waals surface area contributed by atoms with E-state index >= 15 is 0 Å². The molecule has 0 aliphatic heterocycles. The van der Waals surface area contributed by atoms with Crippen molar-refractivity contribution in [2.45, 2.75) is 6.92 Å². The van der Waals surface area contributed by atoms with E-state index in [1.54, 1.807) is 7.11 Å². The van der Waals surface area contributed by atoms with Gasteiger partial charge in [0.05, 0.1) is 12.8 Å². The quantitative estimate of drug-likeness (QED) is 0.856. The molecule has 0 saturated heterocycles. The zero-order chi connectivity index (χ0) is 13.7. The highest BCUT2D eigenvalue weighted by molar-refractivity contribution is 5.61. The van der Waals surface area contributed by atoms with E-state index in [0.717, 1.165) is 22.7 Å². The van der Waals surface area contributed by atoms with E-state index in [1.165, 1.54) is 0 Å².